The fraction of sp³-hybridized carbons (Fsp3) is 0.889. The second-order valence-corrected chi connectivity index (χ2v) is 3.49. The second kappa shape index (κ2) is 5.24. The van der Waals surface area contributed by atoms with Gasteiger partial charge < -0.3 is 4.74 Å². The van der Waals surface area contributed by atoms with Crippen LogP contribution in [-0.2, 0) is 9.53 Å². The van der Waals surface area contributed by atoms with Crippen molar-refractivity contribution >= 4 is 5.97 Å². The molecule has 3 nitrogen and oxygen atoms in total. The molecule has 0 saturated carbocycles. The molecule has 0 N–H and O–H groups in total. The summed E-state index contributed by atoms with van der Waals surface area (Å²) in [6.07, 6.45) is -1.04. The number of hydrogen-bond donors (Lipinski definition) is 0. The van der Waals surface area contributed by atoms with Crippen LogP contribution in [0, 0.1) is 5.92 Å². The third-order valence-corrected chi connectivity index (χ3v) is 2.52. The third-order valence-electron chi connectivity index (χ3n) is 2.52. The predicted octanol–water partition coefficient (Wildman–Crippen LogP) is 1.14. The first-order valence-corrected chi connectivity index (χ1v) is 4.72. The Hall–Kier alpha value is -0.710. The van der Waals surface area contributed by atoms with Crippen molar-refractivity contribution in [1.82, 2.24) is 4.90 Å². The molecule has 0 spiro atoms. The minimum absolute atomic E-state index is 0.103. The highest BCUT2D eigenvalue weighted by atomic mass is 19.3. The van der Waals surface area contributed by atoms with Gasteiger partial charge in [0.15, 0.2) is 0 Å². The maximum absolute atomic E-state index is 12.0. The molecule has 0 aromatic carbocycles. The van der Waals surface area contributed by atoms with Crippen LogP contribution in [0.2, 0.25) is 0 Å². The Kier molecular flexibility index (Phi) is 4.25. The number of alkyl halides is 2. The zero-order valence-corrected chi connectivity index (χ0v) is 8.21. The van der Waals surface area contributed by atoms with E-state index in [2.05, 4.69) is 4.74 Å². The molecule has 1 aliphatic rings. The monoisotopic (exact) mass is 207 g/mol. The van der Waals surface area contributed by atoms with Gasteiger partial charge in [-0.1, -0.05) is 0 Å². The summed E-state index contributed by atoms with van der Waals surface area (Å²) in [5, 5.41) is 0. The van der Waals surface area contributed by atoms with Gasteiger partial charge >= 0.3 is 5.97 Å². The maximum atomic E-state index is 12.0. The molecule has 1 aliphatic heterocycles. The fourth-order valence-corrected chi connectivity index (χ4v) is 1.71. The first-order chi connectivity index (χ1) is 6.63. The van der Waals surface area contributed by atoms with Gasteiger partial charge in [-0.05, 0) is 25.9 Å². The first kappa shape index (κ1) is 11.4. The minimum Gasteiger partial charge on any atom is -0.469 e. The van der Waals surface area contributed by atoms with Gasteiger partial charge in [-0.2, -0.15) is 0 Å². The smallest absolute Gasteiger partial charge is 0.308 e. The first-order valence-electron chi connectivity index (χ1n) is 4.72. The van der Waals surface area contributed by atoms with Gasteiger partial charge in [-0.15, -0.1) is 0 Å². The van der Waals surface area contributed by atoms with E-state index in [9.17, 15) is 13.6 Å². The van der Waals surface area contributed by atoms with Gasteiger partial charge in [0.25, 0.3) is 6.43 Å². The predicted molar refractivity (Wildman–Crippen MR) is 47.2 cm³/mol. The Morgan fingerprint density at radius 2 is 2.07 bits per heavy atom. The maximum Gasteiger partial charge on any atom is 0.308 e. The number of piperidine rings is 1. The van der Waals surface area contributed by atoms with Crippen molar-refractivity contribution < 1.29 is 18.3 Å². The van der Waals surface area contributed by atoms with E-state index in [0.717, 1.165) is 0 Å². The van der Waals surface area contributed by atoms with Crippen LogP contribution in [0.25, 0.3) is 0 Å². The number of halogens is 2. The average Bonchev–Trinajstić information content (AvgIpc) is 2.17. The lowest BCUT2D eigenvalue weighted by Gasteiger charge is -2.30. The van der Waals surface area contributed by atoms with Gasteiger partial charge in [-0.25, -0.2) is 8.78 Å². The van der Waals surface area contributed by atoms with Crippen LogP contribution in [0.5, 0.6) is 0 Å². The van der Waals surface area contributed by atoms with E-state index in [1.54, 1.807) is 4.90 Å². The molecule has 0 unspecified atom stereocenters. The van der Waals surface area contributed by atoms with Crippen molar-refractivity contribution in [1.29, 1.82) is 0 Å². The van der Waals surface area contributed by atoms with E-state index in [1.807, 2.05) is 0 Å². The van der Waals surface area contributed by atoms with Crippen LogP contribution in [0.15, 0.2) is 0 Å². The Bertz CT molecular complexity index is 191. The molecular weight excluding hydrogens is 192 g/mol. The molecule has 0 aromatic rings. The number of rotatable bonds is 3. The number of carbonyl (C=O) groups is 1. The van der Waals surface area contributed by atoms with Crippen LogP contribution >= 0.6 is 0 Å². The van der Waals surface area contributed by atoms with E-state index in [-0.39, 0.29) is 18.4 Å². The topological polar surface area (TPSA) is 29.5 Å². The average molecular weight is 207 g/mol. The SMILES string of the molecule is COC(=O)C1CCN(CC(F)F)CC1. The van der Waals surface area contributed by atoms with Crippen LogP contribution in [0.3, 0.4) is 0 Å². The fourth-order valence-electron chi connectivity index (χ4n) is 1.71. The van der Waals surface area contributed by atoms with Crippen molar-refractivity contribution in [2.24, 2.45) is 5.92 Å². The highest BCUT2D eigenvalue weighted by Gasteiger charge is 2.26. The van der Waals surface area contributed by atoms with Crippen molar-refractivity contribution in [3.63, 3.8) is 0 Å². The summed E-state index contributed by atoms with van der Waals surface area (Å²) in [4.78, 5) is 12.8. The second-order valence-electron chi connectivity index (χ2n) is 3.49. The van der Waals surface area contributed by atoms with E-state index >= 15 is 0 Å². The van der Waals surface area contributed by atoms with Gasteiger partial charge in [0.2, 0.25) is 0 Å². The van der Waals surface area contributed by atoms with E-state index in [0.29, 0.717) is 25.9 Å². The van der Waals surface area contributed by atoms with Gasteiger partial charge in [-0.3, -0.25) is 9.69 Å². The molecule has 14 heavy (non-hydrogen) atoms. The molecule has 0 amide bonds. The van der Waals surface area contributed by atoms with E-state index < -0.39 is 6.43 Å². The Morgan fingerprint density at radius 3 is 2.50 bits per heavy atom. The summed E-state index contributed by atoms with van der Waals surface area (Å²) in [6.45, 7) is 0.933. The Balaban J connectivity index is 2.27. The third kappa shape index (κ3) is 3.21. The molecule has 1 rings (SSSR count). The lowest BCUT2D eigenvalue weighted by atomic mass is 9.97. The highest BCUT2D eigenvalue weighted by molar-refractivity contribution is 5.72. The van der Waals surface area contributed by atoms with Crippen molar-refractivity contribution in [3.05, 3.63) is 0 Å². The highest BCUT2D eigenvalue weighted by Crippen LogP contribution is 2.18. The van der Waals surface area contributed by atoms with Crippen molar-refractivity contribution in [2.45, 2.75) is 19.3 Å². The molecule has 1 fully saturated rings. The van der Waals surface area contributed by atoms with Gasteiger partial charge in [0.1, 0.15) is 0 Å². The number of hydrogen-bond acceptors (Lipinski definition) is 3. The van der Waals surface area contributed by atoms with Crippen LogP contribution in [0.4, 0.5) is 8.78 Å². The largest absolute Gasteiger partial charge is 0.469 e. The van der Waals surface area contributed by atoms with E-state index in [1.165, 1.54) is 7.11 Å². The van der Waals surface area contributed by atoms with Crippen molar-refractivity contribution in [2.75, 3.05) is 26.7 Å². The zero-order valence-electron chi connectivity index (χ0n) is 8.21. The molecule has 0 radical (unpaired) electrons. The molecule has 5 heteroatoms. The van der Waals surface area contributed by atoms with Gasteiger partial charge in [0, 0.05) is 0 Å². The summed E-state index contributed by atoms with van der Waals surface area (Å²) >= 11 is 0. The molecule has 82 valence electrons. The molecule has 0 atom stereocenters. The molecule has 1 heterocycles. The molecular formula is C9H15F2NO2. The molecule has 0 aliphatic carbocycles. The number of ether oxygens (including phenoxy) is 1. The summed E-state index contributed by atoms with van der Waals surface area (Å²) < 4.78 is 28.6. The van der Waals surface area contributed by atoms with Gasteiger partial charge in [0.05, 0.1) is 19.6 Å². The van der Waals surface area contributed by atoms with Crippen molar-refractivity contribution in [3.8, 4) is 0 Å². The summed E-state index contributed by atoms with van der Waals surface area (Å²) in [7, 11) is 1.36. The summed E-state index contributed by atoms with van der Waals surface area (Å²) in [5.74, 6) is -0.324. The molecule has 0 aromatic heterocycles. The lowest BCUT2D eigenvalue weighted by Crippen LogP contribution is -2.39. The molecule has 0 bridgehead atoms. The minimum atomic E-state index is -2.29. The van der Waals surface area contributed by atoms with Crippen LogP contribution < -0.4 is 0 Å². The Morgan fingerprint density at radius 1 is 1.50 bits per heavy atom. The number of nitrogens with zero attached hydrogens (tertiary/aromatic N) is 1. The standard InChI is InChI=1S/C9H15F2NO2/c1-14-9(13)7-2-4-12(5-3-7)6-8(10)11/h7-8H,2-6H2,1H3. The lowest BCUT2D eigenvalue weighted by molar-refractivity contribution is -0.147. The number of methoxy groups -OCH3 is 1. The molecule has 1 saturated heterocycles. The summed E-state index contributed by atoms with van der Waals surface area (Å²) in [5.41, 5.74) is 0. The number of esters is 1. The normalized spacial score (nSPS) is 20.0. The van der Waals surface area contributed by atoms with Crippen LogP contribution in [-0.4, -0.2) is 44.0 Å². The quantitative estimate of drug-likeness (QED) is 0.650. The van der Waals surface area contributed by atoms with Crippen LogP contribution in [0.1, 0.15) is 12.8 Å². The zero-order chi connectivity index (χ0) is 10.6. The van der Waals surface area contributed by atoms with E-state index in [4.69, 9.17) is 0 Å². The number of carbonyl (C=O) groups excluding carboxylic acids is 1. The summed E-state index contributed by atoms with van der Waals surface area (Å²) in [6, 6.07) is 0. The number of likely N-dealkylation sites (tertiary alicyclic amines) is 1. The Labute approximate surface area is 82.0 Å².